The Kier molecular flexibility index (Phi) is 7.17. The van der Waals surface area contributed by atoms with Crippen molar-refractivity contribution in [3.05, 3.63) is 30.1 Å². The van der Waals surface area contributed by atoms with Crippen molar-refractivity contribution in [2.24, 2.45) is 0 Å². The molecule has 0 aromatic heterocycles. The molecule has 0 fully saturated rings. The first-order valence-electron chi connectivity index (χ1n) is 6.67. The quantitative estimate of drug-likeness (QED) is 0.595. The Morgan fingerprint density at radius 2 is 1.75 bits per heavy atom. The molecule has 0 bridgehead atoms. The largest absolute Gasteiger partial charge is 0.480 e. The third-order valence-corrected chi connectivity index (χ3v) is 4.29. The second kappa shape index (κ2) is 8.64. The maximum atomic E-state index is 12.7. The first-order valence-corrected chi connectivity index (χ1v) is 8.15. The number of carboxylic acids is 1. The molecule has 1 amide bonds. The predicted octanol–water partition coefficient (Wildman–Crippen LogP) is 0.719. The Hall–Kier alpha value is -2.14. The number of hydrogen-bond donors (Lipinski definition) is 3. The maximum Gasteiger partial charge on any atom is 0.326 e. The van der Waals surface area contributed by atoms with Crippen molar-refractivity contribution in [1.82, 2.24) is 10.0 Å². The molecule has 1 aromatic carbocycles. The molecule has 0 saturated heterocycles. The molecule has 134 valence electrons. The number of benzene rings is 1. The molecule has 11 heteroatoms. The van der Waals surface area contributed by atoms with Gasteiger partial charge in [-0.2, -0.15) is 0 Å². The summed E-state index contributed by atoms with van der Waals surface area (Å²) in [5, 5.41) is 10.6. The van der Waals surface area contributed by atoms with E-state index in [0.717, 1.165) is 24.3 Å². The van der Waals surface area contributed by atoms with Crippen LogP contribution in [0.3, 0.4) is 0 Å². The number of carbonyl (C=O) groups excluding carboxylic acids is 1. The third kappa shape index (κ3) is 6.54. The number of carbonyl (C=O) groups is 2. The Morgan fingerprint density at radius 3 is 2.25 bits per heavy atom. The topological polar surface area (TPSA) is 113 Å². The standard InChI is InChI=1S/C13H15F3N2O5S/c14-8-1-3-9(4-2-8)24(22,23)17-6-5-12(19)18-10(13(20)21)7-11(15)16/h1-4,10-11,17H,5-7H2,(H,18,19)(H,20,21). The van der Waals surface area contributed by atoms with Crippen LogP contribution in [0, 0.1) is 5.82 Å². The summed E-state index contributed by atoms with van der Waals surface area (Å²) < 4.78 is 62.9. The van der Waals surface area contributed by atoms with E-state index in [1.807, 2.05) is 5.32 Å². The summed E-state index contributed by atoms with van der Waals surface area (Å²) >= 11 is 0. The smallest absolute Gasteiger partial charge is 0.326 e. The zero-order chi connectivity index (χ0) is 18.3. The SMILES string of the molecule is O=C(CCNS(=O)(=O)c1ccc(F)cc1)NC(CC(F)F)C(=O)O. The molecule has 1 atom stereocenters. The lowest BCUT2D eigenvalue weighted by atomic mass is 10.2. The molecule has 1 unspecified atom stereocenters. The van der Waals surface area contributed by atoms with Gasteiger partial charge in [0.05, 0.1) is 4.90 Å². The lowest BCUT2D eigenvalue weighted by Gasteiger charge is -2.14. The molecule has 24 heavy (non-hydrogen) atoms. The number of amides is 1. The summed E-state index contributed by atoms with van der Waals surface area (Å²) in [6.45, 7) is -0.382. The first kappa shape index (κ1) is 19.9. The zero-order valence-electron chi connectivity index (χ0n) is 12.2. The van der Waals surface area contributed by atoms with Crippen LogP contribution in [0.25, 0.3) is 0 Å². The highest BCUT2D eigenvalue weighted by molar-refractivity contribution is 7.89. The Labute approximate surface area is 135 Å². The minimum absolute atomic E-state index is 0.217. The number of sulfonamides is 1. The van der Waals surface area contributed by atoms with E-state index in [1.54, 1.807) is 0 Å². The monoisotopic (exact) mass is 368 g/mol. The van der Waals surface area contributed by atoms with E-state index in [1.165, 1.54) is 0 Å². The second-order valence-corrected chi connectivity index (χ2v) is 6.45. The summed E-state index contributed by atoms with van der Waals surface area (Å²) in [5.74, 6) is -3.13. The lowest BCUT2D eigenvalue weighted by Crippen LogP contribution is -2.43. The lowest BCUT2D eigenvalue weighted by molar-refractivity contribution is -0.143. The van der Waals surface area contributed by atoms with Gasteiger partial charge in [-0.3, -0.25) is 4.79 Å². The molecule has 0 aliphatic rings. The second-order valence-electron chi connectivity index (χ2n) is 4.69. The van der Waals surface area contributed by atoms with Crippen LogP contribution in [0.1, 0.15) is 12.8 Å². The summed E-state index contributed by atoms with van der Waals surface area (Å²) in [4.78, 5) is 22.0. The van der Waals surface area contributed by atoms with Gasteiger partial charge < -0.3 is 10.4 Å². The normalized spacial score (nSPS) is 12.8. The van der Waals surface area contributed by atoms with Gasteiger partial charge in [0.25, 0.3) is 0 Å². The van der Waals surface area contributed by atoms with Crippen molar-refractivity contribution in [1.29, 1.82) is 0 Å². The van der Waals surface area contributed by atoms with Crippen LogP contribution >= 0.6 is 0 Å². The molecule has 0 heterocycles. The van der Waals surface area contributed by atoms with Crippen LogP contribution in [0.15, 0.2) is 29.2 Å². The van der Waals surface area contributed by atoms with Crippen LogP contribution in [0.5, 0.6) is 0 Å². The van der Waals surface area contributed by atoms with Crippen LogP contribution in [0.2, 0.25) is 0 Å². The van der Waals surface area contributed by atoms with Gasteiger partial charge in [0.15, 0.2) is 0 Å². The molecular weight excluding hydrogens is 353 g/mol. The molecule has 1 aromatic rings. The summed E-state index contributed by atoms with van der Waals surface area (Å²) in [7, 11) is -3.97. The molecule has 0 aliphatic carbocycles. The molecule has 0 aliphatic heterocycles. The van der Waals surface area contributed by atoms with Gasteiger partial charge in [-0.15, -0.1) is 0 Å². The molecule has 7 nitrogen and oxygen atoms in total. The maximum absolute atomic E-state index is 12.7. The van der Waals surface area contributed by atoms with Crippen LogP contribution < -0.4 is 10.0 Å². The van der Waals surface area contributed by atoms with E-state index >= 15 is 0 Å². The summed E-state index contributed by atoms with van der Waals surface area (Å²) in [5.41, 5.74) is 0. The Morgan fingerprint density at radius 1 is 1.17 bits per heavy atom. The van der Waals surface area contributed by atoms with Gasteiger partial charge in [0.1, 0.15) is 11.9 Å². The van der Waals surface area contributed by atoms with Crippen molar-refractivity contribution < 1.29 is 36.3 Å². The molecular formula is C13H15F3N2O5S. The highest BCUT2D eigenvalue weighted by Crippen LogP contribution is 2.09. The van der Waals surface area contributed by atoms with Gasteiger partial charge in [-0.05, 0) is 24.3 Å². The highest BCUT2D eigenvalue weighted by atomic mass is 32.2. The van der Waals surface area contributed by atoms with Crippen molar-refractivity contribution in [2.75, 3.05) is 6.54 Å². The summed E-state index contributed by atoms with van der Waals surface area (Å²) in [6.07, 6.45) is -4.42. The minimum atomic E-state index is -3.97. The van der Waals surface area contributed by atoms with Gasteiger partial charge in [0.2, 0.25) is 22.4 Å². The molecule has 0 spiro atoms. The van der Waals surface area contributed by atoms with Crippen molar-refractivity contribution in [3.63, 3.8) is 0 Å². The fourth-order valence-electron chi connectivity index (χ4n) is 1.66. The van der Waals surface area contributed by atoms with Crippen molar-refractivity contribution >= 4 is 21.9 Å². The Bertz CT molecular complexity index is 679. The van der Waals surface area contributed by atoms with Crippen molar-refractivity contribution in [3.8, 4) is 0 Å². The number of alkyl halides is 2. The molecule has 3 N–H and O–H groups in total. The zero-order valence-corrected chi connectivity index (χ0v) is 13.0. The van der Waals surface area contributed by atoms with Crippen LogP contribution in [-0.2, 0) is 19.6 Å². The van der Waals surface area contributed by atoms with E-state index in [2.05, 4.69) is 4.72 Å². The first-order chi connectivity index (χ1) is 11.1. The van der Waals surface area contributed by atoms with Gasteiger partial charge >= 0.3 is 5.97 Å². The van der Waals surface area contributed by atoms with E-state index in [9.17, 15) is 31.2 Å². The average molecular weight is 368 g/mol. The number of halogens is 3. The van der Waals surface area contributed by atoms with E-state index in [4.69, 9.17) is 5.11 Å². The van der Waals surface area contributed by atoms with E-state index < -0.39 is 53.0 Å². The van der Waals surface area contributed by atoms with E-state index in [0.29, 0.717) is 0 Å². The Balaban J connectivity index is 2.52. The number of nitrogens with one attached hydrogen (secondary N) is 2. The minimum Gasteiger partial charge on any atom is -0.480 e. The number of carboxylic acid groups (broad SMARTS) is 1. The van der Waals surface area contributed by atoms with Crippen LogP contribution in [-0.4, -0.2) is 44.4 Å². The fourth-order valence-corrected chi connectivity index (χ4v) is 2.69. The highest BCUT2D eigenvalue weighted by Gasteiger charge is 2.24. The fraction of sp³-hybridized carbons (Fsp3) is 0.385. The number of aliphatic carboxylic acids is 1. The molecule has 1 rings (SSSR count). The molecule has 0 radical (unpaired) electrons. The number of rotatable bonds is 9. The van der Waals surface area contributed by atoms with Crippen LogP contribution in [0.4, 0.5) is 13.2 Å². The van der Waals surface area contributed by atoms with E-state index in [-0.39, 0.29) is 11.4 Å². The van der Waals surface area contributed by atoms with Crippen molar-refractivity contribution in [2.45, 2.75) is 30.2 Å². The third-order valence-electron chi connectivity index (χ3n) is 2.82. The van der Waals surface area contributed by atoms with Gasteiger partial charge in [-0.25, -0.2) is 31.1 Å². The molecule has 0 saturated carbocycles. The summed E-state index contributed by atoms with van der Waals surface area (Å²) in [6, 6.07) is 2.19. The van der Waals surface area contributed by atoms with Gasteiger partial charge in [-0.1, -0.05) is 0 Å². The number of hydrogen-bond acceptors (Lipinski definition) is 4. The van der Waals surface area contributed by atoms with Gasteiger partial charge in [0, 0.05) is 19.4 Å². The average Bonchev–Trinajstić information content (AvgIpc) is 2.46. The predicted molar refractivity (Wildman–Crippen MR) is 76.4 cm³/mol.